The maximum absolute atomic E-state index is 12.9. The molecule has 0 bridgehead atoms. The van der Waals surface area contributed by atoms with Gasteiger partial charge >= 0.3 is 6.18 Å². The van der Waals surface area contributed by atoms with Crippen LogP contribution in [0.5, 0.6) is 0 Å². The summed E-state index contributed by atoms with van der Waals surface area (Å²) in [6.07, 6.45) is -2.07. The van der Waals surface area contributed by atoms with Crippen molar-refractivity contribution >= 4 is 43.0 Å². The number of sulfone groups is 1. The molecule has 1 aromatic heterocycles. The lowest BCUT2D eigenvalue weighted by Crippen LogP contribution is -2.28. The molecule has 1 saturated carbocycles. The Kier molecular flexibility index (Phi) is 8.25. The van der Waals surface area contributed by atoms with Gasteiger partial charge in [0.2, 0.25) is 5.91 Å². The minimum Gasteiger partial charge on any atom is -0.395 e. The summed E-state index contributed by atoms with van der Waals surface area (Å²) in [4.78, 5) is 17.7. The summed E-state index contributed by atoms with van der Waals surface area (Å²) in [7, 11) is -3.37. The molecule has 1 unspecified atom stereocenters. The van der Waals surface area contributed by atoms with Gasteiger partial charge in [0.25, 0.3) is 0 Å². The minimum atomic E-state index is -4.12. The number of nitrogens with one attached hydrogen (secondary N) is 1. The van der Waals surface area contributed by atoms with E-state index in [1.165, 1.54) is 35.6 Å². The van der Waals surface area contributed by atoms with Gasteiger partial charge in [0.1, 0.15) is 0 Å². The number of carbonyl (C=O) groups excluding carboxylic acids is 1. The van der Waals surface area contributed by atoms with Gasteiger partial charge in [0.05, 0.1) is 44.3 Å². The number of carbonyl (C=O) groups is 1. The number of nitrogens with zero attached hydrogens (tertiary/aromatic N) is 1. The van der Waals surface area contributed by atoms with Crippen molar-refractivity contribution in [2.75, 3.05) is 17.7 Å². The highest BCUT2D eigenvalue weighted by Gasteiger charge is 2.41. The van der Waals surface area contributed by atoms with E-state index in [9.17, 15) is 31.5 Å². The predicted octanol–water partition coefficient (Wildman–Crippen LogP) is 5.72. The van der Waals surface area contributed by atoms with Crippen LogP contribution in [0.1, 0.15) is 49.1 Å². The van der Waals surface area contributed by atoms with Crippen molar-refractivity contribution in [3.63, 3.8) is 0 Å². The molecule has 1 aliphatic rings. The van der Waals surface area contributed by atoms with Crippen LogP contribution in [0, 0.1) is 11.8 Å². The topological polar surface area (TPSA) is 96.4 Å². The number of hydrogen-bond acceptors (Lipinski definition) is 6. The first-order chi connectivity index (χ1) is 17.5. The molecule has 1 fully saturated rings. The van der Waals surface area contributed by atoms with E-state index in [4.69, 9.17) is 0 Å². The smallest absolute Gasteiger partial charge is 0.391 e. The van der Waals surface area contributed by atoms with Gasteiger partial charge in [-0.05, 0) is 67.5 Å². The number of hydrogen-bond donors (Lipinski definition) is 2. The van der Waals surface area contributed by atoms with E-state index < -0.39 is 40.4 Å². The first-order valence-corrected chi connectivity index (χ1v) is 14.7. The second-order valence-corrected chi connectivity index (χ2v) is 12.8. The molecule has 37 heavy (non-hydrogen) atoms. The molecular weight excluding hydrogens is 525 g/mol. The molecule has 0 saturated heterocycles. The largest absolute Gasteiger partial charge is 0.395 e. The van der Waals surface area contributed by atoms with Crippen molar-refractivity contribution in [1.29, 1.82) is 0 Å². The predicted molar refractivity (Wildman–Crippen MR) is 137 cm³/mol. The van der Waals surface area contributed by atoms with Crippen LogP contribution in [-0.4, -0.2) is 43.0 Å². The maximum atomic E-state index is 12.9. The Morgan fingerprint density at radius 2 is 1.81 bits per heavy atom. The van der Waals surface area contributed by atoms with Gasteiger partial charge in [0.15, 0.2) is 9.84 Å². The second-order valence-electron chi connectivity index (χ2n) is 9.45. The lowest BCUT2D eigenvalue weighted by Gasteiger charge is -2.29. The van der Waals surface area contributed by atoms with Gasteiger partial charge in [-0.15, -0.1) is 11.3 Å². The molecule has 1 atom stereocenters. The molecule has 0 spiro atoms. The zero-order valence-electron chi connectivity index (χ0n) is 20.3. The number of fused-ring (bicyclic) bond motifs is 1. The van der Waals surface area contributed by atoms with Crippen LogP contribution in [0.3, 0.4) is 0 Å². The van der Waals surface area contributed by atoms with Crippen molar-refractivity contribution in [1.82, 2.24) is 4.98 Å². The van der Waals surface area contributed by atoms with Crippen molar-refractivity contribution in [2.24, 2.45) is 11.8 Å². The molecule has 3 aromatic rings. The average Bonchev–Trinajstić information content (AvgIpc) is 3.26. The summed E-state index contributed by atoms with van der Waals surface area (Å²) >= 11 is 1.46. The monoisotopic (exact) mass is 554 g/mol. The first-order valence-electron chi connectivity index (χ1n) is 12.2. The third kappa shape index (κ3) is 6.50. The van der Waals surface area contributed by atoms with Crippen LogP contribution in [-0.2, 0) is 21.1 Å². The number of benzene rings is 2. The highest BCUT2D eigenvalue weighted by Crippen LogP contribution is 2.41. The fourth-order valence-corrected chi connectivity index (χ4v) is 6.73. The number of thiazole rings is 1. The van der Waals surface area contributed by atoms with Crippen molar-refractivity contribution in [3.05, 3.63) is 53.0 Å². The number of rotatable bonds is 8. The van der Waals surface area contributed by atoms with E-state index in [-0.39, 0.29) is 29.4 Å². The standard InChI is InChI=1S/C26H29F3N2O4S2/c1-2-37(34,35)20-10-5-17(6-11-20)21(15-32)25(33)30-19-9-12-22-23(14-19)36-24(31-22)13-16-3-7-18(8-4-16)26(27,28)29/h5-6,9-12,14,16,18,21,32H,2-4,7-8,13,15H2,1H3,(H,30,33). The molecule has 1 heterocycles. The van der Waals surface area contributed by atoms with Crippen LogP contribution in [0.25, 0.3) is 10.2 Å². The summed E-state index contributed by atoms with van der Waals surface area (Å²) in [6.45, 7) is 1.11. The van der Waals surface area contributed by atoms with Gasteiger partial charge in [0, 0.05) is 12.1 Å². The summed E-state index contributed by atoms with van der Waals surface area (Å²) in [5.41, 5.74) is 1.78. The van der Waals surface area contributed by atoms with E-state index in [2.05, 4.69) is 10.3 Å². The fourth-order valence-electron chi connectivity index (χ4n) is 4.72. The molecule has 6 nitrogen and oxygen atoms in total. The van der Waals surface area contributed by atoms with Crippen LogP contribution < -0.4 is 5.32 Å². The lowest BCUT2D eigenvalue weighted by atomic mass is 9.80. The molecule has 1 aliphatic carbocycles. The molecule has 0 radical (unpaired) electrons. The number of amides is 1. The SMILES string of the molecule is CCS(=O)(=O)c1ccc(C(CO)C(=O)Nc2ccc3nc(CC4CCC(C(F)(F)F)CC4)sc3c2)cc1. The van der Waals surface area contributed by atoms with Crippen LogP contribution in [0.2, 0.25) is 0 Å². The Hall–Kier alpha value is -2.50. The van der Waals surface area contributed by atoms with Crippen LogP contribution in [0.4, 0.5) is 18.9 Å². The third-order valence-corrected chi connectivity index (χ3v) is 9.78. The summed E-state index contributed by atoms with van der Waals surface area (Å²) in [5.74, 6) is -2.35. The lowest BCUT2D eigenvalue weighted by molar-refractivity contribution is -0.183. The Labute approximate surface area is 217 Å². The van der Waals surface area contributed by atoms with E-state index in [1.54, 1.807) is 25.1 Å². The fraction of sp³-hybridized carbons (Fsp3) is 0.462. The first kappa shape index (κ1) is 27.5. The molecule has 11 heteroatoms. The van der Waals surface area contributed by atoms with E-state index in [0.717, 1.165) is 15.2 Å². The molecule has 2 aromatic carbocycles. The Balaban J connectivity index is 1.41. The Morgan fingerprint density at radius 1 is 1.14 bits per heavy atom. The van der Waals surface area contributed by atoms with E-state index in [0.29, 0.717) is 30.5 Å². The number of halogens is 3. The zero-order valence-corrected chi connectivity index (χ0v) is 21.9. The van der Waals surface area contributed by atoms with Gasteiger partial charge < -0.3 is 10.4 Å². The zero-order chi connectivity index (χ0) is 26.8. The number of aliphatic hydroxyl groups is 1. The second kappa shape index (κ2) is 11.1. The third-order valence-electron chi connectivity index (χ3n) is 6.99. The van der Waals surface area contributed by atoms with Crippen molar-refractivity contribution < 1.29 is 31.5 Å². The Morgan fingerprint density at radius 3 is 2.41 bits per heavy atom. The van der Waals surface area contributed by atoms with E-state index >= 15 is 0 Å². The van der Waals surface area contributed by atoms with Gasteiger partial charge in [-0.1, -0.05) is 19.1 Å². The average molecular weight is 555 g/mol. The van der Waals surface area contributed by atoms with Gasteiger partial charge in [-0.2, -0.15) is 13.2 Å². The number of aromatic nitrogens is 1. The molecule has 0 aliphatic heterocycles. The quantitative estimate of drug-likeness (QED) is 0.372. The normalized spacial score (nSPS) is 19.6. The number of aliphatic hydroxyl groups excluding tert-OH is 1. The Bertz CT molecular complexity index is 1350. The van der Waals surface area contributed by atoms with Crippen molar-refractivity contribution in [2.45, 2.75) is 56.0 Å². The summed E-state index contributed by atoms with van der Waals surface area (Å²) in [6, 6.07) is 11.2. The highest BCUT2D eigenvalue weighted by atomic mass is 32.2. The number of anilines is 1. The number of alkyl halides is 3. The van der Waals surface area contributed by atoms with E-state index in [1.807, 2.05) is 0 Å². The molecule has 2 N–H and O–H groups in total. The van der Waals surface area contributed by atoms with Crippen LogP contribution in [0.15, 0.2) is 47.4 Å². The van der Waals surface area contributed by atoms with Crippen LogP contribution >= 0.6 is 11.3 Å². The molecule has 4 rings (SSSR count). The van der Waals surface area contributed by atoms with Gasteiger partial charge in [-0.25, -0.2) is 13.4 Å². The molecular formula is C26H29F3N2O4S2. The summed E-state index contributed by atoms with van der Waals surface area (Å²) < 4.78 is 63.7. The summed E-state index contributed by atoms with van der Waals surface area (Å²) in [5, 5.41) is 13.5. The van der Waals surface area contributed by atoms with Crippen molar-refractivity contribution in [3.8, 4) is 0 Å². The molecule has 1 amide bonds. The maximum Gasteiger partial charge on any atom is 0.391 e. The minimum absolute atomic E-state index is 0.0305. The highest BCUT2D eigenvalue weighted by molar-refractivity contribution is 7.91. The molecule has 200 valence electrons. The van der Waals surface area contributed by atoms with Gasteiger partial charge in [-0.3, -0.25) is 4.79 Å².